The Labute approximate surface area is 173 Å². The van der Waals surface area contributed by atoms with E-state index in [2.05, 4.69) is 34.3 Å². The number of halogens is 1. The van der Waals surface area contributed by atoms with Crippen molar-refractivity contribution in [3.8, 4) is 0 Å². The molecule has 6 nitrogen and oxygen atoms in total. The van der Waals surface area contributed by atoms with Crippen LogP contribution in [0.5, 0.6) is 0 Å². The highest BCUT2D eigenvalue weighted by atomic mass is 35.5. The van der Waals surface area contributed by atoms with Crippen molar-refractivity contribution in [1.82, 2.24) is 14.8 Å². The molecule has 0 N–H and O–H groups in total. The van der Waals surface area contributed by atoms with Crippen LogP contribution in [-0.2, 0) is 29.9 Å². The van der Waals surface area contributed by atoms with Crippen molar-refractivity contribution < 1.29 is 8.42 Å². The SMILES string of the molecule is Cc1nn(C)c(Cl)c1S(=O)(=O)N(C)c1nc2c(s1)C[C@@H](c1ccccc1)CC2. The maximum Gasteiger partial charge on any atom is 0.270 e. The van der Waals surface area contributed by atoms with Gasteiger partial charge in [-0.05, 0) is 37.7 Å². The molecule has 1 aromatic carbocycles. The molecule has 0 radical (unpaired) electrons. The smallest absolute Gasteiger partial charge is 0.255 e. The maximum atomic E-state index is 13.1. The van der Waals surface area contributed by atoms with E-state index in [1.54, 1.807) is 14.0 Å². The molecule has 4 rings (SSSR count). The van der Waals surface area contributed by atoms with Crippen LogP contribution >= 0.6 is 22.9 Å². The van der Waals surface area contributed by atoms with Crippen molar-refractivity contribution in [2.75, 3.05) is 11.4 Å². The van der Waals surface area contributed by atoms with Crippen molar-refractivity contribution in [2.45, 2.75) is 37.0 Å². The number of hydrogen-bond acceptors (Lipinski definition) is 5. The van der Waals surface area contributed by atoms with Gasteiger partial charge >= 0.3 is 0 Å². The number of fused-ring (bicyclic) bond motifs is 1. The fourth-order valence-electron chi connectivity index (χ4n) is 3.65. The highest BCUT2D eigenvalue weighted by molar-refractivity contribution is 7.93. The molecule has 2 aromatic heterocycles. The van der Waals surface area contributed by atoms with Crippen molar-refractivity contribution in [2.24, 2.45) is 7.05 Å². The van der Waals surface area contributed by atoms with Crippen LogP contribution in [0.15, 0.2) is 35.2 Å². The first-order valence-electron chi connectivity index (χ1n) is 9.00. The van der Waals surface area contributed by atoms with Crippen LogP contribution in [0, 0.1) is 6.92 Å². The number of sulfonamides is 1. The van der Waals surface area contributed by atoms with Gasteiger partial charge in [0.05, 0.1) is 11.4 Å². The second kappa shape index (κ2) is 7.17. The molecule has 1 aliphatic rings. The molecular formula is C19H21ClN4O2S2. The van der Waals surface area contributed by atoms with Crippen LogP contribution in [0.25, 0.3) is 0 Å². The number of aryl methyl sites for hydroxylation is 3. The van der Waals surface area contributed by atoms with Gasteiger partial charge in [0.1, 0.15) is 10.0 Å². The summed E-state index contributed by atoms with van der Waals surface area (Å²) in [5.41, 5.74) is 2.70. The molecule has 1 aliphatic carbocycles. The van der Waals surface area contributed by atoms with Crippen LogP contribution in [0.1, 0.15) is 34.2 Å². The summed E-state index contributed by atoms with van der Waals surface area (Å²) in [6.45, 7) is 1.64. The molecule has 0 spiro atoms. The average molecular weight is 437 g/mol. The van der Waals surface area contributed by atoms with E-state index in [0.717, 1.165) is 29.8 Å². The van der Waals surface area contributed by atoms with Gasteiger partial charge < -0.3 is 0 Å². The van der Waals surface area contributed by atoms with E-state index in [9.17, 15) is 8.42 Å². The van der Waals surface area contributed by atoms with Gasteiger partial charge in [0.15, 0.2) is 5.13 Å². The topological polar surface area (TPSA) is 68.1 Å². The number of aromatic nitrogens is 3. The summed E-state index contributed by atoms with van der Waals surface area (Å²) < 4.78 is 28.9. The van der Waals surface area contributed by atoms with Crippen molar-refractivity contribution in [1.29, 1.82) is 0 Å². The lowest BCUT2D eigenvalue weighted by Crippen LogP contribution is -2.27. The molecular weight excluding hydrogens is 416 g/mol. The van der Waals surface area contributed by atoms with Crippen LogP contribution < -0.4 is 4.31 Å². The first-order chi connectivity index (χ1) is 13.3. The third kappa shape index (κ3) is 3.23. The Hall–Kier alpha value is -1.90. The molecule has 3 aromatic rings. The predicted molar refractivity (Wildman–Crippen MR) is 112 cm³/mol. The Morgan fingerprint density at radius 1 is 1.29 bits per heavy atom. The summed E-state index contributed by atoms with van der Waals surface area (Å²) in [5, 5.41) is 4.70. The monoisotopic (exact) mass is 436 g/mol. The van der Waals surface area contributed by atoms with E-state index in [1.165, 1.54) is 32.9 Å². The zero-order valence-corrected chi connectivity index (χ0v) is 18.3. The lowest BCUT2D eigenvalue weighted by molar-refractivity contribution is 0.584. The summed E-state index contributed by atoms with van der Waals surface area (Å²) in [6.07, 6.45) is 2.76. The van der Waals surface area contributed by atoms with Crippen LogP contribution in [0.4, 0.5) is 5.13 Å². The number of hydrogen-bond donors (Lipinski definition) is 0. The minimum atomic E-state index is -3.83. The summed E-state index contributed by atoms with van der Waals surface area (Å²) in [6, 6.07) is 10.4. The second-order valence-corrected chi connectivity index (χ2v) is 10.3. The molecule has 9 heteroatoms. The molecule has 28 heavy (non-hydrogen) atoms. The van der Waals surface area contributed by atoms with E-state index in [-0.39, 0.29) is 10.0 Å². The molecule has 0 amide bonds. The van der Waals surface area contributed by atoms with E-state index in [0.29, 0.717) is 16.7 Å². The van der Waals surface area contributed by atoms with Gasteiger partial charge in [-0.2, -0.15) is 5.10 Å². The van der Waals surface area contributed by atoms with Gasteiger partial charge in [-0.3, -0.25) is 4.68 Å². The first-order valence-corrected chi connectivity index (χ1v) is 11.6. The Balaban J connectivity index is 1.64. The third-order valence-corrected chi connectivity index (χ3v) is 8.94. The van der Waals surface area contributed by atoms with Crippen LogP contribution in [-0.4, -0.2) is 30.2 Å². The fourth-order valence-corrected chi connectivity index (χ4v) is 6.86. The average Bonchev–Trinajstić information content (AvgIpc) is 3.21. The van der Waals surface area contributed by atoms with Crippen molar-refractivity contribution in [3.63, 3.8) is 0 Å². The molecule has 148 valence electrons. The van der Waals surface area contributed by atoms with E-state index < -0.39 is 10.0 Å². The van der Waals surface area contributed by atoms with Gasteiger partial charge in [0.25, 0.3) is 10.0 Å². The van der Waals surface area contributed by atoms with Gasteiger partial charge in [0, 0.05) is 19.0 Å². The summed E-state index contributed by atoms with van der Waals surface area (Å²) in [5.74, 6) is 0.443. The predicted octanol–water partition coefficient (Wildman–Crippen LogP) is 3.94. The largest absolute Gasteiger partial charge is 0.270 e. The van der Waals surface area contributed by atoms with Gasteiger partial charge in [-0.25, -0.2) is 17.7 Å². The number of anilines is 1. The molecule has 0 fully saturated rings. The molecule has 0 unspecified atom stereocenters. The third-order valence-electron chi connectivity index (χ3n) is 5.19. The lowest BCUT2D eigenvalue weighted by Gasteiger charge is -2.21. The molecule has 0 saturated heterocycles. The Bertz CT molecular complexity index is 1120. The van der Waals surface area contributed by atoms with Gasteiger partial charge in [-0.1, -0.05) is 41.9 Å². The summed E-state index contributed by atoms with van der Waals surface area (Å²) >= 11 is 7.64. The Morgan fingerprint density at radius 2 is 2.00 bits per heavy atom. The Kier molecular flexibility index (Phi) is 4.97. The number of thiazole rings is 1. The molecule has 0 saturated carbocycles. The number of rotatable bonds is 4. The quantitative estimate of drug-likeness (QED) is 0.621. The number of benzene rings is 1. The zero-order chi connectivity index (χ0) is 20.1. The number of nitrogens with zero attached hydrogens (tertiary/aromatic N) is 4. The normalized spacial score (nSPS) is 16.8. The van der Waals surface area contributed by atoms with E-state index >= 15 is 0 Å². The second-order valence-electron chi connectivity index (χ2n) is 7.02. The lowest BCUT2D eigenvalue weighted by atomic mass is 9.85. The highest BCUT2D eigenvalue weighted by Gasteiger charge is 2.33. The fraction of sp³-hybridized carbons (Fsp3) is 0.368. The maximum absolute atomic E-state index is 13.1. The minimum absolute atomic E-state index is 0.0366. The highest BCUT2D eigenvalue weighted by Crippen LogP contribution is 2.39. The summed E-state index contributed by atoms with van der Waals surface area (Å²) in [4.78, 5) is 5.83. The van der Waals surface area contributed by atoms with Crippen molar-refractivity contribution >= 4 is 38.1 Å². The standard InChI is InChI=1S/C19H21ClN4O2S2/c1-12-17(18(20)23(2)22-12)28(25,26)24(3)19-21-15-10-9-14(11-16(15)27-19)13-7-5-4-6-8-13/h4-8,14H,9-11H2,1-3H3/t14-/m0/s1. The van der Waals surface area contributed by atoms with Crippen LogP contribution in [0.2, 0.25) is 5.15 Å². The van der Waals surface area contributed by atoms with Gasteiger partial charge in [0.2, 0.25) is 0 Å². The Morgan fingerprint density at radius 3 is 2.64 bits per heavy atom. The molecule has 2 heterocycles. The van der Waals surface area contributed by atoms with Crippen LogP contribution in [0.3, 0.4) is 0 Å². The molecule has 0 aliphatic heterocycles. The minimum Gasteiger partial charge on any atom is -0.255 e. The molecule has 1 atom stereocenters. The zero-order valence-electron chi connectivity index (χ0n) is 15.9. The van der Waals surface area contributed by atoms with Gasteiger partial charge in [-0.15, -0.1) is 11.3 Å². The summed E-state index contributed by atoms with van der Waals surface area (Å²) in [7, 11) is -0.682. The van der Waals surface area contributed by atoms with E-state index in [4.69, 9.17) is 11.6 Å². The molecule has 0 bridgehead atoms. The van der Waals surface area contributed by atoms with Crippen molar-refractivity contribution in [3.05, 3.63) is 57.3 Å². The first kappa shape index (κ1) is 19.4. The van der Waals surface area contributed by atoms with E-state index in [1.807, 2.05) is 6.07 Å².